The van der Waals surface area contributed by atoms with Gasteiger partial charge in [-0.05, 0) is 18.6 Å². The standard InChI is InChI=1S/C12H15O3/c1-3-7-12(13)15-10(2)14-11-8-5-4-6-9-11/h4-10H,3H2,1-2H3. The van der Waals surface area contributed by atoms with Crippen LogP contribution in [0.1, 0.15) is 20.3 Å². The van der Waals surface area contributed by atoms with Gasteiger partial charge >= 0.3 is 5.97 Å². The predicted octanol–water partition coefficient (Wildman–Crippen LogP) is 2.57. The SMILES string of the molecule is CC[CH]C(=O)OC(C)Oc1ccccc1. The van der Waals surface area contributed by atoms with Gasteiger partial charge in [0.15, 0.2) is 0 Å². The van der Waals surface area contributed by atoms with E-state index in [1.807, 2.05) is 37.3 Å². The van der Waals surface area contributed by atoms with Gasteiger partial charge in [-0.25, -0.2) is 0 Å². The molecule has 1 unspecified atom stereocenters. The molecular formula is C12H15O3. The number of hydrogen-bond acceptors (Lipinski definition) is 3. The lowest BCUT2D eigenvalue weighted by molar-refractivity contribution is -0.156. The Labute approximate surface area is 90.0 Å². The molecule has 1 aromatic rings. The van der Waals surface area contributed by atoms with E-state index in [-0.39, 0.29) is 5.97 Å². The largest absolute Gasteiger partial charge is 0.455 e. The summed E-state index contributed by atoms with van der Waals surface area (Å²) < 4.78 is 10.3. The molecule has 0 aliphatic heterocycles. The Hall–Kier alpha value is -1.51. The molecule has 1 aromatic carbocycles. The van der Waals surface area contributed by atoms with Gasteiger partial charge in [0.05, 0.1) is 6.42 Å². The van der Waals surface area contributed by atoms with Crippen LogP contribution >= 0.6 is 0 Å². The molecule has 1 rings (SSSR count). The Morgan fingerprint density at radius 1 is 1.40 bits per heavy atom. The average Bonchev–Trinajstić information content (AvgIpc) is 2.19. The fourth-order valence-corrected chi connectivity index (χ4v) is 1.09. The third-order valence-electron chi connectivity index (χ3n) is 1.70. The summed E-state index contributed by atoms with van der Waals surface area (Å²) in [5.74, 6) is 0.343. The van der Waals surface area contributed by atoms with Gasteiger partial charge in [0.25, 0.3) is 0 Å². The first-order valence-electron chi connectivity index (χ1n) is 4.98. The third kappa shape index (κ3) is 4.49. The molecule has 0 aliphatic rings. The van der Waals surface area contributed by atoms with E-state index in [1.165, 1.54) is 6.42 Å². The van der Waals surface area contributed by atoms with Crippen molar-refractivity contribution in [1.82, 2.24) is 0 Å². The second kappa shape index (κ2) is 6.06. The molecule has 0 N–H and O–H groups in total. The van der Waals surface area contributed by atoms with Crippen molar-refractivity contribution in [3.05, 3.63) is 36.8 Å². The zero-order valence-corrected chi connectivity index (χ0v) is 8.97. The van der Waals surface area contributed by atoms with Crippen molar-refractivity contribution in [3.63, 3.8) is 0 Å². The summed E-state index contributed by atoms with van der Waals surface area (Å²) in [7, 11) is 0. The summed E-state index contributed by atoms with van der Waals surface area (Å²) in [6.45, 7) is 3.57. The van der Waals surface area contributed by atoms with E-state index in [0.29, 0.717) is 12.2 Å². The quantitative estimate of drug-likeness (QED) is 0.550. The summed E-state index contributed by atoms with van der Waals surface area (Å²) in [6, 6.07) is 9.25. The highest BCUT2D eigenvalue weighted by Gasteiger charge is 2.09. The van der Waals surface area contributed by atoms with Gasteiger partial charge in [-0.1, -0.05) is 25.1 Å². The number of carbonyl (C=O) groups is 1. The fourth-order valence-electron chi connectivity index (χ4n) is 1.09. The van der Waals surface area contributed by atoms with Crippen LogP contribution in [0, 0.1) is 6.42 Å². The summed E-state index contributed by atoms with van der Waals surface area (Å²) >= 11 is 0. The van der Waals surface area contributed by atoms with E-state index in [0.717, 1.165) is 0 Å². The average molecular weight is 207 g/mol. The number of carbonyl (C=O) groups excluding carboxylic acids is 1. The van der Waals surface area contributed by atoms with Gasteiger partial charge in [-0.3, -0.25) is 4.79 Å². The van der Waals surface area contributed by atoms with E-state index in [4.69, 9.17) is 9.47 Å². The van der Waals surface area contributed by atoms with E-state index in [9.17, 15) is 4.79 Å². The highest BCUT2D eigenvalue weighted by molar-refractivity contribution is 5.78. The summed E-state index contributed by atoms with van der Waals surface area (Å²) in [4.78, 5) is 11.1. The maximum atomic E-state index is 11.1. The lowest BCUT2D eigenvalue weighted by atomic mass is 10.3. The van der Waals surface area contributed by atoms with Crippen molar-refractivity contribution in [2.45, 2.75) is 26.6 Å². The van der Waals surface area contributed by atoms with Gasteiger partial charge in [-0.2, -0.15) is 0 Å². The van der Waals surface area contributed by atoms with Crippen LogP contribution < -0.4 is 4.74 Å². The van der Waals surface area contributed by atoms with Crippen LogP contribution in [0.25, 0.3) is 0 Å². The zero-order valence-electron chi connectivity index (χ0n) is 8.97. The molecule has 1 atom stereocenters. The molecule has 3 heteroatoms. The molecule has 0 bridgehead atoms. The maximum absolute atomic E-state index is 11.1. The Kier molecular flexibility index (Phi) is 4.68. The van der Waals surface area contributed by atoms with E-state index in [2.05, 4.69) is 0 Å². The summed E-state index contributed by atoms with van der Waals surface area (Å²) in [5, 5.41) is 0. The molecule has 0 amide bonds. The Morgan fingerprint density at radius 3 is 2.67 bits per heavy atom. The molecule has 0 aromatic heterocycles. The van der Waals surface area contributed by atoms with Gasteiger partial charge in [0.1, 0.15) is 5.75 Å². The molecule has 0 heterocycles. The smallest absolute Gasteiger partial charge is 0.312 e. The van der Waals surface area contributed by atoms with E-state index in [1.54, 1.807) is 6.92 Å². The second-order valence-corrected chi connectivity index (χ2v) is 3.05. The second-order valence-electron chi connectivity index (χ2n) is 3.05. The number of rotatable bonds is 5. The van der Waals surface area contributed by atoms with Gasteiger partial charge in [-0.15, -0.1) is 0 Å². The highest BCUT2D eigenvalue weighted by atomic mass is 16.7. The molecule has 15 heavy (non-hydrogen) atoms. The van der Waals surface area contributed by atoms with E-state index < -0.39 is 6.29 Å². The minimum atomic E-state index is -0.567. The molecule has 0 fully saturated rings. The molecule has 0 aliphatic carbocycles. The first kappa shape index (κ1) is 11.6. The van der Waals surface area contributed by atoms with E-state index >= 15 is 0 Å². The van der Waals surface area contributed by atoms with Crippen LogP contribution in [0.3, 0.4) is 0 Å². The van der Waals surface area contributed by atoms with Gasteiger partial charge in [0.2, 0.25) is 6.29 Å². The minimum absolute atomic E-state index is 0.346. The van der Waals surface area contributed by atoms with Crippen molar-refractivity contribution >= 4 is 5.97 Å². The molecule has 0 spiro atoms. The normalized spacial score (nSPS) is 11.9. The lowest BCUT2D eigenvalue weighted by Gasteiger charge is -2.14. The first-order chi connectivity index (χ1) is 7.22. The van der Waals surface area contributed by atoms with Crippen LogP contribution in [-0.2, 0) is 9.53 Å². The van der Waals surface area contributed by atoms with Crippen molar-refractivity contribution in [2.24, 2.45) is 0 Å². The molecule has 1 radical (unpaired) electrons. The third-order valence-corrected chi connectivity index (χ3v) is 1.70. The molecular weight excluding hydrogens is 192 g/mol. The van der Waals surface area contributed by atoms with Crippen molar-refractivity contribution in [2.75, 3.05) is 0 Å². The molecule has 81 valence electrons. The molecule has 3 nitrogen and oxygen atoms in total. The fraction of sp³-hybridized carbons (Fsp3) is 0.333. The number of ether oxygens (including phenoxy) is 2. The van der Waals surface area contributed by atoms with Gasteiger partial charge < -0.3 is 9.47 Å². The van der Waals surface area contributed by atoms with Crippen LogP contribution in [0.4, 0.5) is 0 Å². The highest BCUT2D eigenvalue weighted by Crippen LogP contribution is 2.11. The van der Waals surface area contributed by atoms with Crippen molar-refractivity contribution < 1.29 is 14.3 Å². The van der Waals surface area contributed by atoms with Crippen LogP contribution in [-0.4, -0.2) is 12.3 Å². The van der Waals surface area contributed by atoms with Crippen LogP contribution in [0.2, 0.25) is 0 Å². The Bertz CT molecular complexity index is 295. The van der Waals surface area contributed by atoms with Gasteiger partial charge in [0, 0.05) is 6.92 Å². The first-order valence-corrected chi connectivity index (χ1v) is 4.98. The molecule has 0 saturated heterocycles. The Balaban J connectivity index is 2.36. The lowest BCUT2D eigenvalue weighted by Crippen LogP contribution is -2.20. The van der Waals surface area contributed by atoms with Crippen molar-refractivity contribution in [3.8, 4) is 5.75 Å². The predicted molar refractivity (Wildman–Crippen MR) is 57.2 cm³/mol. The monoisotopic (exact) mass is 207 g/mol. The maximum Gasteiger partial charge on any atom is 0.312 e. The topological polar surface area (TPSA) is 35.5 Å². The van der Waals surface area contributed by atoms with Crippen LogP contribution in [0.5, 0.6) is 5.75 Å². The zero-order chi connectivity index (χ0) is 11.1. The van der Waals surface area contributed by atoms with Crippen molar-refractivity contribution in [1.29, 1.82) is 0 Å². The number of esters is 1. The Morgan fingerprint density at radius 2 is 2.07 bits per heavy atom. The van der Waals surface area contributed by atoms with Crippen LogP contribution in [0.15, 0.2) is 30.3 Å². The minimum Gasteiger partial charge on any atom is -0.455 e. The number of benzene rings is 1. The number of hydrogen-bond donors (Lipinski definition) is 0. The number of para-hydroxylation sites is 1. The summed E-state index contributed by atoms with van der Waals surface area (Å²) in [5.41, 5.74) is 0. The summed E-state index contributed by atoms with van der Waals surface area (Å²) in [6.07, 6.45) is 1.57. The molecule has 0 saturated carbocycles.